The molecule has 4 rings (SSSR count). The Kier molecular flexibility index (Phi) is 7.24. The Morgan fingerprint density at radius 2 is 1.89 bits per heavy atom. The maximum Gasteiger partial charge on any atom is 0.433 e. The van der Waals surface area contributed by atoms with Gasteiger partial charge in [-0.3, -0.25) is 0 Å². The Hall–Kier alpha value is -3.18. The summed E-state index contributed by atoms with van der Waals surface area (Å²) in [5.41, 5.74) is -0.189. The highest BCUT2D eigenvalue weighted by atomic mass is 19.4. The Labute approximate surface area is 207 Å². The molecule has 194 valence electrons. The number of aryl methyl sites for hydroxylation is 1. The molecule has 3 aromatic rings. The third-order valence-corrected chi connectivity index (χ3v) is 5.95. The molecule has 0 radical (unpaired) electrons. The number of methoxy groups -OCH3 is 1. The van der Waals surface area contributed by atoms with Gasteiger partial charge in [-0.25, -0.2) is 15.0 Å². The molecule has 0 bridgehead atoms. The molecule has 36 heavy (non-hydrogen) atoms. The minimum atomic E-state index is -4.52. The van der Waals surface area contributed by atoms with Crippen LogP contribution in [0.5, 0.6) is 11.5 Å². The van der Waals surface area contributed by atoms with E-state index in [2.05, 4.69) is 25.2 Å². The van der Waals surface area contributed by atoms with E-state index in [0.29, 0.717) is 53.9 Å². The highest BCUT2D eigenvalue weighted by Gasteiger charge is 2.40. The quantitative estimate of drug-likeness (QED) is 0.456. The average Bonchev–Trinajstić information content (AvgIpc) is 2.79. The predicted octanol–water partition coefficient (Wildman–Crippen LogP) is 4.49. The second-order valence-electron chi connectivity index (χ2n) is 9.47. The summed E-state index contributed by atoms with van der Waals surface area (Å²) in [7, 11) is 5.58. The first-order chi connectivity index (χ1) is 17.0. The smallest absolute Gasteiger partial charge is 0.433 e. The number of ether oxygens (including phenoxy) is 3. The van der Waals surface area contributed by atoms with Crippen molar-refractivity contribution in [1.29, 1.82) is 0 Å². The fourth-order valence-corrected chi connectivity index (χ4v) is 4.28. The van der Waals surface area contributed by atoms with Gasteiger partial charge in [0, 0.05) is 18.0 Å². The average molecular weight is 506 g/mol. The van der Waals surface area contributed by atoms with Crippen molar-refractivity contribution in [1.82, 2.24) is 19.9 Å². The van der Waals surface area contributed by atoms with E-state index < -0.39 is 17.9 Å². The summed E-state index contributed by atoms with van der Waals surface area (Å²) in [6.07, 6.45) is -4.52. The third kappa shape index (κ3) is 5.62. The zero-order chi connectivity index (χ0) is 26.1. The SMILES string of the molecule is COc1cc2nc(C)nc(N[C@H](C)c3cccc(C(F)(F)F)n3)c2cc1OCC1(CN(C)C)COC1. The molecule has 2 aromatic heterocycles. The van der Waals surface area contributed by atoms with Gasteiger partial charge in [0.2, 0.25) is 0 Å². The van der Waals surface area contributed by atoms with Crippen molar-refractivity contribution in [2.75, 3.05) is 52.9 Å². The van der Waals surface area contributed by atoms with Crippen molar-refractivity contribution >= 4 is 16.7 Å². The molecule has 8 nitrogen and oxygen atoms in total. The first-order valence-electron chi connectivity index (χ1n) is 11.5. The molecule has 1 aliphatic heterocycles. The molecule has 0 spiro atoms. The molecule has 0 saturated carbocycles. The largest absolute Gasteiger partial charge is 0.493 e. The van der Waals surface area contributed by atoms with Crippen molar-refractivity contribution in [3.63, 3.8) is 0 Å². The topological polar surface area (TPSA) is 81.6 Å². The summed E-state index contributed by atoms with van der Waals surface area (Å²) in [4.78, 5) is 14.9. The molecule has 11 heteroatoms. The van der Waals surface area contributed by atoms with Crippen molar-refractivity contribution in [2.24, 2.45) is 5.41 Å². The van der Waals surface area contributed by atoms with E-state index in [0.717, 1.165) is 12.6 Å². The van der Waals surface area contributed by atoms with Crippen LogP contribution in [0.15, 0.2) is 30.3 Å². The summed E-state index contributed by atoms with van der Waals surface area (Å²) in [6, 6.07) is 6.86. The summed E-state index contributed by atoms with van der Waals surface area (Å²) in [6.45, 7) is 5.95. The van der Waals surface area contributed by atoms with Gasteiger partial charge in [-0.1, -0.05) is 6.07 Å². The van der Waals surface area contributed by atoms with Crippen LogP contribution < -0.4 is 14.8 Å². The van der Waals surface area contributed by atoms with Crippen LogP contribution in [0.1, 0.15) is 30.2 Å². The lowest BCUT2D eigenvalue weighted by Crippen LogP contribution is -2.53. The van der Waals surface area contributed by atoms with Crippen LogP contribution in [-0.2, 0) is 10.9 Å². The van der Waals surface area contributed by atoms with Crippen LogP contribution in [0.25, 0.3) is 10.9 Å². The molecule has 1 atom stereocenters. The fraction of sp³-hybridized carbons (Fsp3) is 0.480. The molecule has 0 aliphatic carbocycles. The van der Waals surface area contributed by atoms with E-state index in [1.807, 2.05) is 14.1 Å². The van der Waals surface area contributed by atoms with E-state index in [-0.39, 0.29) is 11.1 Å². The first-order valence-corrected chi connectivity index (χ1v) is 11.5. The molecule has 3 heterocycles. The number of alkyl halides is 3. The Morgan fingerprint density at radius 1 is 1.14 bits per heavy atom. The molecule has 1 fully saturated rings. The number of nitrogens with one attached hydrogen (secondary N) is 1. The Morgan fingerprint density at radius 3 is 2.50 bits per heavy atom. The number of fused-ring (bicyclic) bond motifs is 1. The molecule has 1 aromatic carbocycles. The van der Waals surface area contributed by atoms with Crippen molar-refractivity contribution in [2.45, 2.75) is 26.1 Å². The number of hydrogen-bond donors (Lipinski definition) is 1. The lowest BCUT2D eigenvalue weighted by Gasteiger charge is -2.42. The van der Waals surface area contributed by atoms with Crippen LogP contribution in [0.2, 0.25) is 0 Å². The molecular weight excluding hydrogens is 475 g/mol. The Balaban J connectivity index is 1.65. The van der Waals surface area contributed by atoms with E-state index in [1.54, 1.807) is 39.2 Å². The van der Waals surface area contributed by atoms with E-state index in [4.69, 9.17) is 14.2 Å². The molecule has 1 saturated heterocycles. The molecule has 0 unspecified atom stereocenters. The maximum absolute atomic E-state index is 13.2. The number of benzene rings is 1. The van der Waals surface area contributed by atoms with Gasteiger partial charge in [0.1, 0.15) is 17.3 Å². The van der Waals surface area contributed by atoms with Crippen molar-refractivity contribution < 1.29 is 27.4 Å². The summed E-state index contributed by atoms with van der Waals surface area (Å²) < 4.78 is 56.7. The van der Waals surface area contributed by atoms with Gasteiger partial charge in [-0.2, -0.15) is 13.2 Å². The van der Waals surface area contributed by atoms with E-state index in [9.17, 15) is 13.2 Å². The molecule has 1 aliphatic rings. The molecule has 1 N–H and O–H groups in total. The van der Waals surface area contributed by atoms with Gasteiger partial charge in [0.05, 0.1) is 49.6 Å². The van der Waals surface area contributed by atoms with Gasteiger partial charge < -0.3 is 24.4 Å². The van der Waals surface area contributed by atoms with Crippen molar-refractivity contribution in [3.8, 4) is 11.5 Å². The standard InChI is InChI=1S/C25H30F3N5O3/c1-15(18-7-6-8-22(32-18)25(26,27)28)29-23-17-9-21(20(34-5)10-19(17)30-16(2)31-23)36-14-24(11-33(3)4)12-35-13-24/h6-10,15H,11-14H2,1-5H3,(H,29,30,31)/t15-/m1/s1. The number of anilines is 1. The monoisotopic (exact) mass is 505 g/mol. The third-order valence-electron chi connectivity index (χ3n) is 5.95. The number of hydrogen-bond acceptors (Lipinski definition) is 8. The minimum absolute atomic E-state index is 0.113. The second kappa shape index (κ2) is 10.1. The summed E-state index contributed by atoms with van der Waals surface area (Å²) >= 11 is 0. The normalized spacial score (nSPS) is 16.0. The van der Waals surface area contributed by atoms with E-state index in [1.165, 1.54) is 6.07 Å². The van der Waals surface area contributed by atoms with Gasteiger partial charge in [-0.15, -0.1) is 0 Å². The van der Waals surface area contributed by atoms with Crippen molar-refractivity contribution in [3.05, 3.63) is 47.5 Å². The number of nitrogens with zero attached hydrogens (tertiary/aromatic N) is 4. The molecule has 0 amide bonds. The van der Waals surface area contributed by atoms with Crippen LogP contribution in [0, 0.1) is 12.3 Å². The minimum Gasteiger partial charge on any atom is -0.493 e. The zero-order valence-corrected chi connectivity index (χ0v) is 20.9. The van der Waals surface area contributed by atoms with Gasteiger partial charge >= 0.3 is 6.18 Å². The van der Waals surface area contributed by atoms with Gasteiger partial charge in [0.25, 0.3) is 0 Å². The lowest BCUT2D eigenvalue weighted by molar-refractivity contribution is -0.141. The zero-order valence-electron chi connectivity index (χ0n) is 20.9. The summed E-state index contributed by atoms with van der Waals surface area (Å²) in [5.74, 6) is 2.02. The summed E-state index contributed by atoms with van der Waals surface area (Å²) in [5, 5.41) is 3.86. The highest BCUT2D eigenvalue weighted by molar-refractivity contribution is 5.92. The highest BCUT2D eigenvalue weighted by Crippen LogP contribution is 2.37. The van der Waals surface area contributed by atoms with Gasteiger partial charge in [0.15, 0.2) is 11.5 Å². The number of rotatable bonds is 9. The molecular formula is C25H30F3N5O3. The maximum atomic E-state index is 13.2. The van der Waals surface area contributed by atoms with Gasteiger partial charge in [-0.05, 0) is 46.1 Å². The van der Waals surface area contributed by atoms with E-state index >= 15 is 0 Å². The number of pyridine rings is 1. The lowest BCUT2D eigenvalue weighted by atomic mass is 9.86. The number of halogens is 3. The van der Waals surface area contributed by atoms with Crippen LogP contribution >= 0.6 is 0 Å². The van der Waals surface area contributed by atoms with Crippen LogP contribution in [0.4, 0.5) is 19.0 Å². The predicted molar refractivity (Wildman–Crippen MR) is 129 cm³/mol. The number of aromatic nitrogens is 3. The fourth-order valence-electron chi connectivity index (χ4n) is 4.28. The van der Waals surface area contributed by atoms with Crippen LogP contribution in [-0.4, -0.2) is 67.4 Å². The second-order valence-corrected chi connectivity index (χ2v) is 9.47. The first kappa shape index (κ1) is 25.9. The van der Waals surface area contributed by atoms with Crippen LogP contribution in [0.3, 0.4) is 0 Å². The Bertz CT molecular complexity index is 1230.